The maximum atomic E-state index is 13.3. The van der Waals surface area contributed by atoms with Gasteiger partial charge in [-0.05, 0) is 74.0 Å². The van der Waals surface area contributed by atoms with E-state index in [9.17, 15) is 4.79 Å². The van der Waals surface area contributed by atoms with Crippen LogP contribution in [0.1, 0.15) is 27.0 Å². The molecule has 5 aromatic rings. The zero-order valence-corrected chi connectivity index (χ0v) is 23.8. The molecule has 2 aromatic carbocycles. The van der Waals surface area contributed by atoms with Crippen LogP contribution in [-0.2, 0) is 13.6 Å². The van der Waals surface area contributed by atoms with Gasteiger partial charge in [0.1, 0.15) is 17.5 Å². The third kappa shape index (κ3) is 5.73. The summed E-state index contributed by atoms with van der Waals surface area (Å²) in [6.45, 7) is 9.29. The fourth-order valence-electron chi connectivity index (χ4n) is 5.10. The van der Waals surface area contributed by atoms with Crippen LogP contribution in [0.3, 0.4) is 0 Å². The number of ether oxygens (including phenoxy) is 1. The highest BCUT2D eigenvalue weighted by atomic mass is 16.5. The molecule has 9 nitrogen and oxygen atoms in total. The smallest absolute Gasteiger partial charge is 0.255 e. The van der Waals surface area contributed by atoms with Crippen molar-refractivity contribution < 1.29 is 13.9 Å². The van der Waals surface area contributed by atoms with E-state index in [1.807, 2.05) is 55.1 Å². The fourth-order valence-corrected chi connectivity index (χ4v) is 5.10. The van der Waals surface area contributed by atoms with Gasteiger partial charge in [0.05, 0.1) is 17.3 Å². The molecule has 9 heteroatoms. The van der Waals surface area contributed by atoms with Crippen molar-refractivity contribution in [3.05, 3.63) is 89.5 Å². The standard InChI is InChI=1S/C32H34N6O3/c1-21-5-6-23(31(39)33-26-8-7-24(22(2)17-26)19-38-14-12-36(3)13-15-38)18-28(21)41-32-29-27(9-11-37(29)4)34-30(35-32)25-10-16-40-20-25/h5-11,16-18,20H,12-15,19H2,1-4H3,(H,33,39). The Hall–Kier alpha value is -4.47. The van der Waals surface area contributed by atoms with Gasteiger partial charge in [-0.1, -0.05) is 12.1 Å². The molecule has 0 bridgehead atoms. The van der Waals surface area contributed by atoms with E-state index in [4.69, 9.17) is 14.1 Å². The number of aryl methyl sites for hydroxylation is 3. The van der Waals surface area contributed by atoms with E-state index in [-0.39, 0.29) is 5.91 Å². The normalized spacial score (nSPS) is 14.4. The summed E-state index contributed by atoms with van der Waals surface area (Å²) in [5.41, 5.74) is 6.88. The molecule has 0 unspecified atom stereocenters. The van der Waals surface area contributed by atoms with Crippen molar-refractivity contribution >= 4 is 22.6 Å². The van der Waals surface area contributed by atoms with Gasteiger partial charge in [-0.15, -0.1) is 0 Å². The average molecular weight is 551 g/mol. The largest absolute Gasteiger partial charge is 0.472 e. The number of hydrogen-bond acceptors (Lipinski definition) is 7. The summed E-state index contributed by atoms with van der Waals surface area (Å²) in [6, 6.07) is 15.3. The van der Waals surface area contributed by atoms with Crippen molar-refractivity contribution in [2.75, 3.05) is 38.5 Å². The van der Waals surface area contributed by atoms with Gasteiger partial charge in [0.2, 0.25) is 5.88 Å². The van der Waals surface area contributed by atoms with Crippen LogP contribution in [0.2, 0.25) is 0 Å². The fraction of sp³-hybridized carbons (Fsp3) is 0.281. The molecule has 4 heterocycles. The van der Waals surface area contributed by atoms with Crippen molar-refractivity contribution in [3.63, 3.8) is 0 Å². The van der Waals surface area contributed by atoms with Crippen LogP contribution in [0.4, 0.5) is 5.69 Å². The van der Waals surface area contributed by atoms with E-state index in [0.717, 1.165) is 60.6 Å². The molecular weight excluding hydrogens is 516 g/mol. The molecule has 6 rings (SSSR count). The van der Waals surface area contributed by atoms with E-state index >= 15 is 0 Å². The van der Waals surface area contributed by atoms with Gasteiger partial charge >= 0.3 is 0 Å². The highest BCUT2D eigenvalue weighted by Crippen LogP contribution is 2.33. The SMILES string of the molecule is Cc1cc(NC(=O)c2ccc(C)c(Oc3nc(-c4ccoc4)nc4ccn(C)c34)c2)ccc1CN1CCN(C)CC1. The van der Waals surface area contributed by atoms with Gasteiger partial charge in [0.15, 0.2) is 5.82 Å². The van der Waals surface area contributed by atoms with Crippen LogP contribution < -0.4 is 10.1 Å². The molecule has 1 N–H and O–H groups in total. The van der Waals surface area contributed by atoms with Crippen LogP contribution in [0.5, 0.6) is 11.6 Å². The Morgan fingerprint density at radius 1 is 0.976 bits per heavy atom. The van der Waals surface area contributed by atoms with Crippen LogP contribution >= 0.6 is 0 Å². The number of aromatic nitrogens is 3. The third-order valence-corrected chi connectivity index (χ3v) is 7.71. The lowest BCUT2D eigenvalue weighted by Gasteiger charge is -2.32. The second kappa shape index (κ2) is 11.2. The quantitative estimate of drug-likeness (QED) is 0.281. The van der Waals surface area contributed by atoms with Crippen molar-refractivity contribution in [1.29, 1.82) is 0 Å². The first-order valence-corrected chi connectivity index (χ1v) is 13.8. The Labute approximate surface area is 239 Å². The molecule has 1 fully saturated rings. The van der Waals surface area contributed by atoms with E-state index in [0.29, 0.717) is 23.0 Å². The molecule has 1 amide bonds. The predicted molar refractivity (Wildman–Crippen MR) is 159 cm³/mol. The number of benzene rings is 2. The molecule has 1 aliphatic rings. The number of likely N-dealkylation sites (N-methyl/N-ethyl adjacent to an activating group) is 1. The van der Waals surface area contributed by atoms with E-state index in [1.54, 1.807) is 24.7 Å². The molecule has 0 radical (unpaired) electrons. The Balaban J connectivity index is 1.21. The molecule has 1 saturated heterocycles. The second-order valence-electron chi connectivity index (χ2n) is 10.8. The van der Waals surface area contributed by atoms with E-state index < -0.39 is 0 Å². The number of rotatable bonds is 7. The molecule has 41 heavy (non-hydrogen) atoms. The number of anilines is 1. The summed E-state index contributed by atoms with van der Waals surface area (Å²) in [5, 5.41) is 3.05. The maximum absolute atomic E-state index is 13.3. The third-order valence-electron chi connectivity index (χ3n) is 7.71. The van der Waals surface area contributed by atoms with Gasteiger partial charge in [-0.2, -0.15) is 4.98 Å². The summed E-state index contributed by atoms with van der Waals surface area (Å²) in [4.78, 5) is 27.5. The topological polar surface area (TPSA) is 88.7 Å². The minimum atomic E-state index is -0.202. The number of hydrogen-bond donors (Lipinski definition) is 1. The van der Waals surface area contributed by atoms with Gasteiger partial charge in [0, 0.05) is 57.2 Å². The highest BCUT2D eigenvalue weighted by molar-refractivity contribution is 6.04. The molecule has 1 aliphatic heterocycles. The summed E-state index contributed by atoms with van der Waals surface area (Å²) in [5.74, 6) is 1.26. The van der Waals surface area contributed by atoms with Crippen molar-refractivity contribution in [2.45, 2.75) is 20.4 Å². The zero-order valence-electron chi connectivity index (χ0n) is 23.8. The number of carbonyl (C=O) groups is 1. The molecule has 0 saturated carbocycles. The van der Waals surface area contributed by atoms with Gasteiger partial charge in [0.25, 0.3) is 5.91 Å². The number of amides is 1. The number of nitrogens with zero attached hydrogens (tertiary/aromatic N) is 5. The average Bonchev–Trinajstić information content (AvgIpc) is 3.63. The summed E-state index contributed by atoms with van der Waals surface area (Å²) in [6.07, 6.45) is 5.11. The maximum Gasteiger partial charge on any atom is 0.255 e. The minimum Gasteiger partial charge on any atom is -0.472 e. The molecular formula is C32H34N6O3. The lowest BCUT2D eigenvalue weighted by Crippen LogP contribution is -2.43. The lowest BCUT2D eigenvalue weighted by molar-refractivity contribution is 0.102. The first kappa shape index (κ1) is 26.7. The van der Waals surface area contributed by atoms with Crippen LogP contribution in [0.25, 0.3) is 22.4 Å². The minimum absolute atomic E-state index is 0.202. The summed E-state index contributed by atoms with van der Waals surface area (Å²) >= 11 is 0. The van der Waals surface area contributed by atoms with Crippen LogP contribution in [0.15, 0.2) is 71.7 Å². The lowest BCUT2D eigenvalue weighted by atomic mass is 10.1. The molecule has 0 aliphatic carbocycles. The van der Waals surface area contributed by atoms with E-state index in [1.165, 1.54) is 11.1 Å². The Bertz CT molecular complexity index is 1700. The monoisotopic (exact) mass is 550 g/mol. The Morgan fingerprint density at radius 3 is 2.56 bits per heavy atom. The summed E-state index contributed by atoms with van der Waals surface area (Å²) in [7, 11) is 4.09. The van der Waals surface area contributed by atoms with Gasteiger partial charge in [-0.3, -0.25) is 9.69 Å². The number of nitrogens with one attached hydrogen (secondary N) is 1. The number of piperazine rings is 1. The molecule has 0 atom stereocenters. The second-order valence-corrected chi connectivity index (χ2v) is 10.8. The first-order valence-electron chi connectivity index (χ1n) is 13.8. The number of furan rings is 1. The number of fused-ring (bicyclic) bond motifs is 1. The van der Waals surface area contributed by atoms with Crippen molar-refractivity contribution in [1.82, 2.24) is 24.3 Å². The Morgan fingerprint density at radius 2 is 1.80 bits per heavy atom. The van der Waals surface area contributed by atoms with Crippen molar-refractivity contribution in [2.24, 2.45) is 7.05 Å². The predicted octanol–water partition coefficient (Wildman–Crippen LogP) is 5.64. The first-order chi connectivity index (χ1) is 19.8. The molecule has 0 spiro atoms. The van der Waals surface area contributed by atoms with E-state index in [2.05, 4.69) is 40.1 Å². The van der Waals surface area contributed by atoms with Gasteiger partial charge in [-0.25, -0.2) is 4.98 Å². The van der Waals surface area contributed by atoms with Crippen molar-refractivity contribution in [3.8, 4) is 23.0 Å². The van der Waals surface area contributed by atoms with Gasteiger partial charge < -0.3 is 23.9 Å². The highest BCUT2D eigenvalue weighted by Gasteiger charge is 2.18. The molecule has 210 valence electrons. The zero-order chi connectivity index (χ0) is 28.5. The molecule has 3 aromatic heterocycles. The summed E-state index contributed by atoms with van der Waals surface area (Å²) < 4.78 is 13.5. The van der Waals surface area contributed by atoms with Crippen LogP contribution in [0, 0.1) is 13.8 Å². The number of carbonyl (C=O) groups excluding carboxylic acids is 1. The Kier molecular flexibility index (Phi) is 7.30. The van der Waals surface area contributed by atoms with Crippen LogP contribution in [-0.4, -0.2) is 63.5 Å².